The monoisotopic (exact) mass is 228 g/mol. The molecule has 86 valence electrons. The molecule has 0 spiro atoms. The van der Waals surface area contributed by atoms with Gasteiger partial charge in [-0.3, -0.25) is 4.79 Å². The summed E-state index contributed by atoms with van der Waals surface area (Å²) < 4.78 is 36.6. The summed E-state index contributed by atoms with van der Waals surface area (Å²) in [5.74, 6) is -2.92. The first-order valence-corrected chi connectivity index (χ1v) is 4.72. The van der Waals surface area contributed by atoms with E-state index in [1.165, 1.54) is 19.1 Å². The number of rotatable bonds is 2. The first-order valence-electron chi connectivity index (χ1n) is 4.72. The van der Waals surface area contributed by atoms with Crippen LogP contribution in [0.1, 0.15) is 29.8 Å². The van der Waals surface area contributed by atoms with Crippen molar-refractivity contribution in [2.24, 2.45) is 0 Å². The SMILES string of the molecule is CC(=O)c1cc2c(cc1C(C)(F)F)OCO2. The quantitative estimate of drug-likeness (QED) is 0.730. The van der Waals surface area contributed by atoms with Crippen LogP contribution < -0.4 is 9.47 Å². The largest absolute Gasteiger partial charge is 0.454 e. The van der Waals surface area contributed by atoms with Gasteiger partial charge < -0.3 is 9.47 Å². The van der Waals surface area contributed by atoms with E-state index in [-0.39, 0.29) is 23.7 Å². The van der Waals surface area contributed by atoms with Gasteiger partial charge in [0.05, 0.1) is 0 Å². The van der Waals surface area contributed by atoms with Crippen molar-refractivity contribution >= 4 is 5.78 Å². The number of fused-ring (bicyclic) bond motifs is 1. The maximum absolute atomic E-state index is 13.3. The molecule has 1 aliphatic rings. The van der Waals surface area contributed by atoms with E-state index in [0.29, 0.717) is 5.75 Å². The Morgan fingerprint density at radius 2 is 1.88 bits per heavy atom. The number of halogens is 2. The Hall–Kier alpha value is -1.65. The minimum absolute atomic E-state index is 0.00851. The lowest BCUT2D eigenvalue weighted by Crippen LogP contribution is -2.13. The lowest BCUT2D eigenvalue weighted by molar-refractivity contribution is 0.0163. The van der Waals surface area contributed by atoms with Crippen molar-refractivity contribution in [3.63, 3.8) is 0 Å². The predicted octanol–water partition coefficient (Wildman–Crippen LogP) is 2.73. The minimum Gasteiger partial charge on any atom is -0.454 e. The van der Waals surface area contributed by atoms with Crippen molar-refractivity contribution in [1.29, 1.82) is 0 Å². The van der Waals surface area contributed by atoms with Crippen LogP contribution in [0.25, 0.3) is 0 Å². The molecule has 1 aromatic rings. The van der Waals surface area contributed by atoms with E-state index < -0.39 is 11.7 Å². The summed E-state index contributed by atoms with van der Waals surface area (Å²) in [6.07, 6.45) is 0. The summed E-state index contributed by atoms with van der Waals surface area (Å²) in [5, 5.41) is 0. The summed E-state index contributed by atoms with van der Waals surface area (Å²) in [6, 6.07) is 2.47. The predicted molar refractivity (Wildman–Crippen MR) is 52.1 cm³/mol. The molecule has 16 heavy (non-hydrogen) atoms. The second kappa shape index (κ2) is 3.43. The fourth-order valence-electron chi connectivity index (χ4n) is 1.60. The second-order valence-electron chi connectivity index (χ2n) is 3.70. The Morgan fingerprint density at radius 3 is 2.38 bits per heavy atom. The van der Waals surface area contributed by atoms with Crippen LogP contribution in [0.4, 0.5) is 8.78 Å². The number of ether oxygens (including phenoxy) is 2. The van der Waals surface area contributed by atoms with Crippen molar-refractivity contribution < 1.29 is 23.0 Å². The summed E-state index contributed by atoms with van der Waals surface area (Å²) in [6.45, 7) is 1.98. The molecule has 0 atom stereocenters. The number of hydrogen-bond acceptors (Lipinski definition) is 3. The van der Waals surface area contributed by atoms with Gasteiger partial charge >= 0.3 is 0 Å². The highest BCUT2D eigenvalue weighted by atomic mass is 19.3. The first-order chi connectivity index (χ1) is 7.39. The van der Waals surface area contributed by atoms with Gasteiger partial charge in [0.1, 0.15) is 0 Å². The lowest BCUT2D eigenvalue weighted by Gasteiger charge is -2.14. The van der Waals surface area contributed by atoms with E-state index >= 15 is 0 Å². The summed E-state index contributed by atoms with van der Waals surface area (Å²) in [7, 11) is 0. The molecule has 3 nitrogen and oxygen atoms in total. The molecule has 0 aromatic heterocycles. The third-order valence-electron chi connectivity index (χ3n) is 2.36. The highest BCUT2D eigenvalue weighted by Crippen LogP contribution is 2.40. The summed E-state index contributed by atoms with van der Waals surface area (Å²) >= 11 is 0. The maximum atomic E-state index is 13.3. The van der Waals surface area contributed by atoms with Crippen LogP contribution in [-0.2, 0) is 5.92 Å². The van der Waals surface area contributed by atoms with Crippen LogP contribution in [0.2, 0.25) is 0 Å². The van der Waals surface area contributed by atoms with Gasteiger partial charge in [-0.05, 0) is 19.1 Å². The average molecular weight is 228 g/mol. The molecule has 0 amide bonds. The van der Waals surface area contributed by atoms with Crippen LogP contribution >= 0.6 is 0 Å². The zero-order valence-corrected chi connectivity index (χ0v) is 8.84. The topological polar surface area (TPSA) is 35.5 Å². The number of Topliss-reactive ketones (excluding diaryl/α,β-unsaturated/α-hetero) is 1. The molecule has 1 heterocycles. The van der Waals surface area contributed by atoms with E-state index in [1.54, 1.807) is 0 Å². The molecule has 2 rings (SSSR count). The van der Waals surface area contributed by atoms with Gasteiger partial charge in [0, 0.05) is 18.1 Å². The Balaban J connectivity index is 2.62. The standard InChI is InChI=1S/C11H10F2O3/c1-6(14)7-3-9-10(16-5-15-9)4-8(7)11(2,12)13/h3-4H,5H2,1-2H3. The minimum atomic E-state index is -3.08. The van der Waals surface area contributed by atoms with Gasteiger partial charge in [-0.1, -0.05) is 0 Å². The van der Waals surface area contributed by atoms with Crippen molar-refractivity contribution in [3.8, 4) is 11.5 Å². The van der Waals surface area contributed by atoms with E-state index in [2.05, 4.69) is 0 Å². The van der Waals surface area contributed by atoms with Crippen LogP contribution in [0.5, 0.6) is 11.5 Å². The second-order valence-corrected chi connectivity index (χ2v) is 3.70. The molecule has 5 heteroatoms. The third-order valence-corrected chi connectivity index (χ3v) is 2.36. The molecule has 1 aliphatic heterocycles. The van der Waals surface area contributed by atoms with Crippen molar-refractivity contribution in [2.45, 2.75) is 19.8 Å². The molecule has 0 aliphatic carbocycles. The summed E-state index contributed by atoms with van der Waals surface area (Å²) in [5.41, 5.74) is -0.360. The number of ketones is 1. The third kappa shape index (κ3) is 1.73. The van der Waals surface area contributed by atoms with Crippen molar-refractivity contribution in [2.75, 3.05) is 6.79 Å². The molecule has 0 unspecified atom stereocenters. The van der Waals surface area contributed by atoms with E-state index in [0.717, 1.165) is 6.92 Å². The van der Waals surface area contributed by atoms with Crippen molar-refractivity contribution in [1.82, 2.24) is 0 Å². The molecular weight excluding hydrogens is 218 g/mol. The molecule has 0 N–H and O–H groups in total. The smallest absolute Gasteiger partial charge is 0.271 e. The molecule has 0 bridgehead atoms. The first kappa shape index (κ1) is 10.9. The van der Waals surface area contributed by atoms with Gasteiger partial charge in [0.25, 0.3) is 5.92 Å². The normalized spacial score (nSPS) is 14.0. The lowest BCUT2D eigenvalue weighted by atomic mass is 9.99. The number of hydrogen-bond donors (Lipinski definition) is 0. The van der Waals surface area contributed by atoms with Crippen LogP contribution in [0, 0.1) is 0 Å². The van der Waals surface area contributed by atoms with Crippen molar-refractivity contribution in [3.05, 3.63) is 23.3 Å². The fourth-order valence-corrected chi connectivity index (χ4v) is 1.60. The zero-order chi connectivity index (χ0) is 11.9. The van der Waals surface area contributed by atoms with E-state index in [1.807, 2.05) is 0 Å². The number of carbonyl (C=O) groups excluding carboxylic acids is 1. The average Bonchev–Trinajstić information content (AvgIpc) is 2.60. The Labute approximate surface area is 91.0 Å². The molecular formula is C11H10F2O3. The molecule has 0 saturated carbocycles. The van der Waals surface area contributed by atoms with E-state index in [9.17, 15) is 13.6 Å². The molecule has 1 aromatic carbocycles. The number of carbonyl (C=O) groups is 1. The van der Waals surface area contributed by atoms with Gasteiger partial charge in [-0.25, -0.2) is 8.78 Å². The Kier molecular flexibility index (Phi) is 2.33. The highest BCUT2D eigenvalue weighted by molar-refractivity contribution is 5.96. The fraction of sp³-hybridized carbons (Fsp3) is 0.364. The Bertz CT molecular complexity index is 449. The van der Waals surface area contributed by atoms with Crippen LogP contribution in [-0.4, -0.2) is 12.6 Å². The zero-order valence-electron chi connectivity index (χ0n) is 8.84. The van der Waals surface area contributed by atoms with Gasteiger partial charge in [-0.2, -0.15) is 0 Å². The van der Waals surface area contributed by atoms with Gasteiger partial charge in [0.2, 0.25) is 6.79 Å². The molecule has 0 fully saturated rings. The van der Waals surface area contributed by atoms with E-state index in [4.69, 9.17) is 9.47 Å². The highest BCUT2D eigenvalue weighted by Gasteiger charge is 2.32. The molecule has 0 saturated heterocycles. The Morgan fingerprint density at radius 1 is 1.31 bits per heavy atom. The van der Waals surface area contributed by atoms with Gasteiger partial charge in [-0.15, -0.1) is 0 Å². The molecule has 0 radical (unpaired) electrons. The van der Waals surface area contributed by atoms with Crippen LogP contribution in [0.15, 0.2) is 12.1 Å². The van der Waals surface area contributed by atoms with Crippen LogP contribution in [0.3, 0.4) is 0 Å². The number of benzene rings is 1. The maximum Gasteiger partial charge on any atom is 0.271 e. The number of alkyl halides is 2. The summed E-state index contributed by atoms with van der Waals surface area (Å²) in [4.78, 5) is 11.3. The van der Waals surface area contributed by atoms with Gasteiger partial charge in [0.15, 0.2) is 17.3 Å².